The van der Waals surface area contributed by atoms with E-state index in [1.165, 1.54) is 8.99 Å². The molecule has 0 bridgehead atoms. The predicted molar refractivity (Wildman–Crippen MR) is 119 cm³/mol. The molecule has 1 amide bonds. The van der Waals surface area contributed by atoms with E-state index in [4.69, 9.17) is 0 Å². The number of aromatic nitrogens is 2. The molecule has 2 aromatic rings. The van der Waals surface area contributed by atoms with Gasteiger partial charge in [0.15, 0.2) is 0 Å². The third-order valence-electron chi connectivity index (χ3n) is 4.59. The summed E-state index contributed by atoms with van der Waals surface area (Å²) < 4.78 is 30.3. The van der Waals surface area contributed by atoms with Gasteiger partial charge in [0.1, 0.15) is 11.4 Å². The number of nitrogens with one attached hydrogen (secondary N) is 1. The first-order valence-electron chi connectivity index (χ1n) is 9.71. The van der Waals surface area contributed by atoms with E-state index in [1.54, 1.807) is 19.9 Å². The lowest BCUT2D eigenvalue weighted by Gasteiger charge is -2.21. The summed E-state index contributed by atoms with van der Waals surface area (Å²) >= 11 is 3.43. The Kier molecular flexibility index (Phi) is 8.02. The van der Waals surface area contributed by atoms with Crippen molar-refractivity contribution in [3.05, 3.63) is 39.6 Å². The summed E-state index contributed by atoms with van der Waals surface area (Å²) in [6, 6.07) is 5.54. The van der Waals surface area contributed by atoms with Crippen LogP contribution >= 0.6 is 15.9 Å². The molecule has 0 saturated carbocycles. The van der Waals surface area contributed by atoms with Crippen LogP contribution in [0.1, 0.15) is 43.6 Å². The van der Waals surface area contributed by atoms with Gasteiger partial charge in [-0.3, -0.25) is 9.48 Å². The number of carbonyl (C=O) groups excluding carboxylic acids is 1. The largest absolute Gasteiger partial charge is 0.324 e. The molecule has 9 heteroatoms. The highest BCUT2D eigenvalue weighted by atomic mass is 79.9. The Morgan fingerprint density at radius 2 is 1.79 bits per heavy atom. The summed E-state index contributed by atoms with van der Waals surface area (Å²) in [4.78, 5) is 12.7. The van der Waals surface area contributed by atoms with Gasteiger partial charge in [-0.2, -0.15) is 9.40 Å². The molecule has 2 rings (SSSR count). The number of amides is 1. The molecule has 29 heavy (non-hydrogen) atoms. The van der Waals surface area contributed by atoms with Gasteiger partial charge in [0, 0.05) is 23.2 Å². The van der Waals surface area contributed by atoms with Crippen molar-refractivity contribution in [2.45, 2.75) is 58.9 Å². The Balaban J connectivity index is 2.26. The van der Waals surface area contributed by atoms with Crippen LogP contribution in [0.5, 0.6) is 0 Å². The fourth-order valence-corrected chi connectivity index (χ4v) is 5.49. The zero-order chi connectivity index (χ0) is 21.8. The Bertz CT molecular complexity index is 980. The van der Waals surface area contributed by atoms with Crippen molar-refractivity contribution in [1.29, 1.82) is 0 Å². The second-order valence-corrected chi connectivity index (χ2v) is 9.80. The predicted octanol–water partition coefficient (Wildman–Crippen LogP) is 4.02. The summed E-state index contributed by atoms with van der Waals surface area (Å²) in [6.07, 6.45) is 1.47. The highest BCUT2D eigenvalue weighted by Gasteiger charge is 2.30. The summed E-state index contributed by atoms with van der Waals surface area (Å²) in [5.74, 6) is -0.264. The van der Waals surface area contributed by atoms with E-state index in [0.717, 1.165) is 22.9 Å². The standard InChI is InChI=1S/C20H29BrN4O3S/c1-6-10-24(11-7-2)29(27,28)20-15(4)23-25(16(20)5)13-19(26)22-17-8-9-18(21)14(3)12-17/h8-9,12H,6-7,10-11,13H2,1-5H3,(H,22,26). The lowest BCUT2D eigenvalue weighted by atomic mass is 10.2. The molecule has 0 aliphatic rings. The van der Waals surface area contributed by atoms with Crippen LogP contribution in [0.2, 0.25) is 0 Å². The maximum atomic E-state index is 13.2. The fraction of sp³-hybridized carbons (Fsp3) is 0.500. The second kappa shape index (κ2) is 9.86. The van der Waals surface area contributed by atoms with Crippen LogP contribution in [0.15, 0.2) is 27.6 Å². The summed E-state index contributed by atoms with van der Waals surface area (Å²) in [6.45, 7) is 10.1. The Hall–Kier alpha value is -1.71. The molecule has 0 atom stereocenters. The Morgan fingerprint density at radius 1 is 1.17 bits per heavy atom. The second-order valence-electron chi connectivity index (χ2n) is 7.07. The maximum absolute atomic E-state index is 13.2. The first-order valence-corrected chi connectivity index (χ1v) is 11.9. The number of nitrogens with zero attached hydrogens (tertiary/aromatic N) is 3. The maximum Gasteiger partial charge on any atom is 0.246 e. The molecule has 0 aliphatic heterocycles. The Morgan fingerprint density at radius 3 is 2.34 bits per heavy atom. The van der Waals surface area contributed by atoms with Crippen molar-refractivity contribution < 1.29 is 13.2 Å². The van der Waals surface area contributed by atoms with Crippen LogP contribution in [-0.2, 0) is 21.4 Å². The highest BCUT2D eigenvalue weighted by molar-refractivity contribution is 9.10. The highest BCUT2D eigenvalue weighted by Crippen LogP contribution is 2.24. The van der Waals surface area contributed by atoms with Crippen LogP contribution in [0.3, 0.4) is 0 Å². The van der Waals surface area contributed by atoms with Crippen molar-refractivity contribution in [3.8, 4) is 0 Å². The zero-order valence-electron chi connectivity index (χ0n) is 17.6. The zero-order valence-corrected chi connectivity index (χ0v) is 20.0. The monoisotopic (exact) mass is 484 g/mol. The molecule has 0 aliphatic carbocycles. The molecule has 1 aromatic heterocycles. The number of sulfonamides is 1. The van der Waals surface area contributed by atoms with Gasteiger partial charge >= 0.3 is 0 Å². The molecule has 160 valence electrons. The SMILES string of the molecule is CCCN(CCC)S(=O)(=O)c1c(C)nn(CC(=O)Nc2ccc(Br)c(C)c2)c1C. The van der Waals surface area contributed by atoms with Crippen LogP contribution in [0, 0.1) is 20.8 Å². The number of halogens is 1. The molecule has 1 heterocycles. The minimum absolute atomic E-state index is 0.0567. The molecule has 1 aromatic carbocycles. The number of hydrogen-bond donors (Lipinski definition) is 1. The van der Waals surface area contributed by atoms with Crippen LogP contribution in [-0.4, -0.2) is 41.5 Å². The molecule has 0 unspecified atom stereocenters. The minimum Gasteiger partial charge on any atom is -0.324 e. The first-order chi connectivity index (χ1) is 13.6. The number of anilines is 1. The van der Waals surface area contributed by atoms with E-state index in [1.807, 2.05) is 32.9 Å². The van der Waals surface area contributed by atoms with Crippen molar-refractivity contribution >= 4 is 37.5 Å². The summed E-state index contributed by atoms with van der Waals surface area (Å²) in [5.41, 5.74) is 2.57. The van der Waals surface area contributed by atoms with Gasteiger partial charge in [-0.15, -0.1) is 0 Å². The normalized spacial score (nSPS) is 11.8. The number of carbonyl (C=O) groups is 1. The number of aryl methyl sites for hydroxylation is 2. The molecule has 0 fully saturated rings. The third-order valence-corrected chi connectivity index (χ3v) is 7.64. The molecular formula is C20H29BrN4O3S. The van der Waals surface area contributed by atoms with Crippen molar-refractivity contribution in [2.75, 3.05) is 18.4 Å². The molecule has 0 spiro atoms. The molecule has 0 saturated heterocycles. The van der Waals surface area contributed by atoms with Gasteiger partial charge in [-0.05, 0) is 57.4 Å². The van der Waals surface area contributed by atoms with Crippen molar-refractivity contribution in [1.82, 2.24) is 14.1 Å². The van der Waals surface area contributed by atoms with Crippen LogP contribution < -0.4 is 5.32 Å². The third kappa shape index (κ3) is 5.46. The molecule has 0 radical (unpaired) electrons. The topological polar surface area (TPSA) is 84.3 Å². The fourth-order valence-electron chi connectivity index (χ4n) is 3.25. The van der Waals surface area contributed by atoms with Gasteiger partial charge in [0.2, 0.25) is 15.9 Å². The minimum atomic E-state index is -3.66. The van der Waals surface area contributed by atoms with Gasteiger partial charge in [0.05, 0.1) is 11.4 Å². The lowest BCUT2D eigenvalue weighted by molar-refractivity contribution is -0.116. The van der Waals surface area contributed by atoms with Gasteiger partial charge in [0.25, 0.3) is 0 Å². The van der Waals surface area contributed by atoms with E-state index in [9.17, 15) is 13.2 Å². The van der Waals surface area contributed by atoms with Gasteiger partial charge in [-0.1, -0.05) is 29.8 Å². The lowest BCUT2D eigenvalue weighted by Crippen LogP contribution is -2.33. The average molecular weight is 485 g/mol. The quantitative estimate of drug-likeness (QED) is 0.582. The number of rotatable bonds is 9. The summed E-state index contributed by atoms with van der Waals surface area (Å²) in [5, 5.41) is 7.17. The smallest absolute Gasteiger partial charge is 0.246 e. The van der Waals surface area contributed by atoms with E-state index in [0.29, 0.717) is 30.2 Å². The van der Waals surface area contributed by atoms with Gasteiger partial charge in [-0.25, -0.2) is 8.42 Å². The average Bonchev–Trinajstić information content (AvgIpc) is 2.91. The van der Waals surface area contributed by atoms with E-state index >= 15 is 0 Å². The van der Waals surface area contributed by atoms with Crippen molar-refractivity contribution in [2.24, 2.45) is 0 Å². The van der Waals surface area contributed by atoms with E-state index in [2.05, 4.69) is 26.3 Å². The molecule has 7 nitrogen and oxygen atoms in total. The molecule has 1 N–H and O–H groups in total. The van der Waals surface area contributed by atoms with Crippen LogP contribution in [0.25, 0.3) is 0 Å². The number of hydrogen-bond acceptors (Lipinski definition) is 4. The van der Waals surface area contributed by atoms with E-state index in [-0.39, 0.29) is 17.3 Å². The van der Waals surface area contributed by atoms with Crippen LogP contribution in [0.4, 0.5) is 5.69 Å². The van der Waals surface area contributed by atoms with E-state index < -0.39 is 10.0 Å². The summed E-state index contributed by atoms with van der Waals surface area (Å²) in [7, 11) is -3.66. The number of benzene rings is 1. The first kappa shape index (κ1) is 23.6. The molecular weight excluding hydrogens is 456 g/mol. The Labute approximate surface area is 181 Å². The van der Waals surface area contributed by atoms with Crippen molar-refractivity contribution in [3.63, 3.8) is 0 Å². The van der Waals surface area contributed by atoms with Gasteiger partial charge < -0.3 is 5.32 Å².